The van der Waals surface area contributed by atoms with E-state index < -0.39 is 0 Å². The summed E-state index contributed by atoms with van der Waals surface area (Å²) in [6, 6.07) is 7.65. The van der Waals surface area contributed by atoms with Gasteiger partial charge in [-0.15, -0.1) is 0 Å². The standard InChI is InChI=1S/C15H16ClN3O/c16-13-3-1-2-11(8-13)12-9-17-15(18-10-12)19-6-4-14(20)5-7-19/h1-3,8-10,14,20H,4-7H2. The average Bonchev–Trinajstić information content (AvgIpc) is 2.48. The number of piperidine rings is 1. The molecule has 0 spiro atoms. The number of hydrogen-bond acceptors (Lipinski definition) is 4. The highest BCUT2D eigenvalue weighted by Gasteiger charge is 2.18. The molecule has 0 saturated carbocycles. The molecule has 104 valence electrons. The molecule has 0 aliphatic carbocycles. The Morgan fingerprint density at radius 2 is 1.80 bits per heavy atom. The lowest BCUT2D eigenvalue weighted by Crippen LogP contribution is -2.36. The highest BCUT2D eigenvalue weighted by molar-refractivity contribution is 6.30. The van der Waals surface area contributed by atoms with Crippen LogP contribution in [0.15, 0.2) is 36.7 Å². The first-order valence-electron chi connectivity index (χ1n) is 6.73. The Labute approximate surface area is 123 Å². The van der Waals surface area contributed by atoms with Gasteiger partial charge in [0.15, 0.2) is 0 Å². The number of hydrogen-bond donors (Lipinski definition) is 1. The molecule has 1 aromatic carbocycles. The van der Waals surface area contributed by atoms with Crippen LogP contribution < -0.4 is 4.90 Å². The molecule has 1 saturated heterocycles. The third-order valence-electron chi connectivity index (χ3n) is 3.54. The van der Waals surface area contributed by atoms with E-state index in [2.05, 4.69) is 14.9 Å². The van der Waals surface area contributed by atoms with E-state index in [1.807, 2.05) is 36.7 Å². The zero-order chi connectivity index (χ0) is 13.9. The maximum Gasteiger partial charge on any atom is 0.225 e. The molecule has 1 aliphatic rings. The van der Waals surface area contributed by atoms with Gasteiger partial charge in [0.25, 0.3) is 0 Å². The van der Waals surface area contributed by atoms with E-state index in [-0.39, 0.29) is 6.10 Å². The van der Waals surface area contributed by atoms with Gasteiger partial charge in [0.2, 0.25) is 5.95 Å². The van der Waals surface area contributed by atoms with Crippen molar-refractivity contribution in [3.8, 4) is 11.1 Å². The van der Waals surface area contributed by atoms with Crippen LogP contribution in [0.4, 0.5) is 5.95 Å². The summed E-state index contributed by atoms with van der Waals surface area (Å²) in [6.07, 6.45) is 5.01. The number of rotatable bonds is 2. The van der Waals surface area contributed by atoms with Crippen molar-refractivity contribution >= 4 is 17.5 Å². The van der Waals surface area contributed by atoms with Crippen LogP contribution in [0.1, 0.15) is 12.8 Å². The fraction of sp³-hybridized carbons (Fsp3) is 0.333. The minimum atomic E-state index is -0.183. The van der Waals surface area contributed by atoms with E-state index in [4.69, 9.17) is 11.6 Å². The quantitative estimate of drug-likeness (QED) is 0.923. The zero-order valence-corrected chi connectivity index (χ0v) is 11.8. The van der Waals surface area contributed by atoms with Crippen molar-refractivity contribution < 1.29 is 5.11 Å². The van der Waals surface area contributed by atoms with Crippen LogP contribution in [0.3, 0.4) is 0 Å². The van der Waals surface area contributed by atoms with Gasteiger partial charge in [-0.25, -0.2) is 9.97 Å². The van der Waals surface area contributed by atoms with Gasteiger partial charge in [-0.3, -0.25) is 0 Å². The number of benzene rings is 1. The van der Waals surface area contributed by atoms with E-state index >= 15 is 0 Å². The topological polar surface area (TPSA) is 49.2 Å². The maximum atomic E-state index is 9.51. The van der Waals surface area contributed by atoms with Crippen molar-refractivity contribution in [1.29, 1.82) is 0 Å². The van der Waals surface area contributed by atoms with Gasteiger partial charge in [0, 0.05) is 36.1 Å². The molecule has 1 N–H and O–H groups in total. The van der Waals surface area contributed by atoms with Crippen LogP contribution in [0.2, 0.25) is 5.02 Å². The molecule has 0 unspecified atom stereocenters. The normalized spacial score (nSPS) is 16.4. The van der Waals surface area contributed by atoms with E-state index in [1.165, 1.54) is 0 Å². The number of halogens is 1. The summed E-state index contributed by atoms with van der Waals surface area (Å²) in [6.45, 7) is 1.61. The van der Waals surface area contributed by atoms with Crippen molar-refractivity contribution in [2.45, 2.75) is 18.9 Å². The fourth-order valence-corrected chi connectivity index (χ4v) is 2.56. The molecular weight excluding hydrogens is 274 g/mol. The summed E-state index contributed by atoms with van der Waals surface area (Å²) in [5.74, 6) is 0.725. The second kappa shape index (κ2) is 5.77. The number of anilines is 1. The molecule has 20 heavy (non-hydrogen) atoms. The van der Waals surface area contributed by atoms with E-state index in [0.717, 1.165) is 43.0 Å². The molecule has 2 aromatic rings. The molecule has 1 aliphatic heterocycles. The Bertz CT molecular complexity index is 580. The monoisotopic (exact) mass is 289 g/mol. The van der Waals surface area contributed by atoms with Crippen LogP contribution in [0.5, 0.6) is 0 Å². The molecule has 5 heteroatoms. The first-order valence-corrected chi connectivity index (χ1v) is 7.11. The third kappa shape index (κ3) is 2.92. The lowest BCUT2D eigenvalue weighted by molar-refractivity contribution is 0.145. The highest BCUT2D eigenvalue weighted by Crippen LogP contribution is 2.23. The van der Waals surface area contributed by atoms with Gasteiger partial charge in [-0.05, 0) is 30.5 Å². The number of aromatic nitrogens is 2. The van der Waals surface area contributed by atoms with E-state index in [9.17, 15) is 5.11 Å². The summed E-state index contributed by atoms with van der Waals surface area (Å²) >= 11 is 5.99. The minimum Gasteiger partial charge on any atom is -0.393 e. The number of nitrogens with zero attached hydrogens (tertiary/aromatic N) is 3. The van der Waals surface area contributed by atoms with Crippen molar-refractivity contribution in [1.82, 2.24) is 9.97 Å². The van der Waals surface area contributed by atoms with Crippen molar-refractivity contribution in [2.75, 3.05) is 18.0 Å². The predicted octanol–water partition coefficient (Wildman–Crippen LogP) is 2.76. The van der Waals surface area contributed by atoms with Crippen molar-refractivity contribution in [3.05, 3.63) is 41.7 Å². The second-order valence-corrected chi connectivity index (χ2v) is 5.44. The Kier molecular flexibility index (Phi) is 3.85. The molecule has 0 radical (unpaired) electrons. The SMILES string of the molecule is OC1CCN(c2ncc(-c3cccc(Cl)c3)cn2)CC1. The van der Waals surface area contributed by atoms with E-state index in [0.29, 0.717) is 5.02 Å². The Hall–Kier alpha value is -1.65. The maximum absolute atomic E-state index is 9.51. The second-order valence-electron chi connectivity index (χ2n) is 5.00. The van der Waals surface area contributed by atoms with Gasteiger partial charge in [-0.2, -0.15) is 0 Å². The van der Waals surface area contributed by atoms with Crippen LogP contribution in [0, 0.1) is 0 Å². The van der Waals surface area contributed by atoms with Gasteiger partial charge in [0.1, 0.15) is 0 Å². The Morgan fingerprint density at radius 3 is 2.45 bits per heavy atom. The summed E-state index contributed by atoms with van der Waals surface area (Å²) in [4.78, 5) is 11.0. The molecule has 3 rings (SSSR count). The molecule has 1 fully saturated rings. The first kappa shape index (κ1) is 13.3. The minimum absolute atomic E-state index is 0.183. The smallest absolute Gasteiger partial charge is 0.225 e. The van der Waals surface area contributed by atoms with Gasteiger partial charge in [-0.1, -0.05) is 23.7 Å². The molecule has 0 bridgehead atoms. The van der Waals surface area contributed by atoms with Crippen LogP contribution in [-0.2, 0) is 0 Å². The number of aliphatic hydroxyl groups is 1. The van der Waals surface area contributed by atoms with Gasteiger partial charge >= 0.3 is 0 Å². The van der Waals surface area contributed by atoms with Gasteiger partial charge < -0.3 is 10.0 Å². The Morgan fingerprint density at radius 1 is 1.10 bits per heavy atom. The van der Waals surface area contributed by atoms with Crippen molar-refractivity contribution in [2.24, 2.45) is 0 Å². The summed E-state index contributed by atoms with van der Waals surface area (Å²) in [7, 11) is 0. The van der Waals surface area contributed by atoms with Crippen LogP contribution >= 0.6 is 11.6 Å². The number of aliphatic hydroxyl groups excluding tert-OH is 1. The Balaban J connectivity index is 1.78. The zero-order valence-electron chi connectivity index (χ0n) is 11.0. The van der Waals surface area contributed by atoms with Gasteiger partial charge in [0.05, 0.1) is 6.10 Å². The molecule has 4 nitrogen and oxygen atoms in total. The molecule has 0 atom stereocenters. The third-order valence-corrected chi connectivity index (χ3v) is 3.78. The predicted molar refractivity (Wildman–Crippen MR) is 79.9 cm³/mol. The molecular formula is C15H16ClN3O. The van der Waals surface area contributed by atoms with E-state index in [1.54, 1.807) is 0 Å². The summed E-state index contributed by atoms with van der Waals surface area (Å²) in [5.41, 5.74) is 1.96. The fourth-order valence-electron chi connectivity index (χ4n) is 2.37. The summed E-state index contributed by atoms with van der Waals surface area (Å²) < 4.78 is 0. The largest absolute Gasteiger partial charge is 0.393 e. The molecule has 0 amide bonds. The first-order chi connectivity index (χ1) is 9.72. The van der Waals surface area contributed by atoms with Crippen LogP contribution in [-0.4, -0.2) is 34.3 Å². The average molecular weight is 290 g/mol. The lowest BCUT2D eigenvalue weighted by atomic mass is 10.1. The molecule has 1 aromatic heterocycles. The van der Waals surface area contributed by atoms with Crippen LogP contribution in [0.25, 0.3) is 11.1 Å². The van der Waals surface area contributed by atoms with Crippen molar-refractivity contribution in [3.63, 3.8) is 0 Å². The summed E-state index contributed by atoms with van der Waals surface area (Å²) in [5, 5.41) is 10.2. The molecule has 2 heterocycles. The highest BCUT2D eigenvalue weighted by atomic mass is 35.5. The lowest BCUT2D eigenvalue weighted by Gasteiger charge is -2.29.